The first-order valence-electron chi connectivity index (χ1n) is 7.31. The molecule has 110 valence electrons. The van der Waals surface area contributed by atoms with E-state index in [1.807, 2.05) is 38.1 Å². The molecule has 0 unspecified atom stereocenters. The second-order valence-electron chi connectivity index (χ2n) is 5.93. The van der Waals surface area contributed by atoms with Crippen LogP contribution in [0.1, 0.15) is 36.3 Å². The standard InChI is InChI=1S/C17H19NO3/c1-9-8-13(9)17(20)21-11(3)16(19)15-10(2)18-14-7-5-4-6-12(14)15/h4-7,9,11,13,18H,8H2,1-3H3/t9-,11-,13-/m0/s1. The zero-order chi connectivity index (χ0) is 15.1. The van der Waals surface area contributed by atoms with Gasteiger partial charge in [0.25, 0.3) is 0 Å². The lowest BCUT2D eigenvalue weighted by molar-refractivity contribution is -0.148. The van der Waals surface area contributed by atoms with Gasteiger partial charge in [0, 0.05) is 22.2 Å². The number of esters is 1. The van der Waals surface area contributed by atoms with Gasteiger partial charge in [-0.2, -0.15) is 0 Å². The molecule has 1 aromatic carbocycles. The summed E-state index contributed by atoms with van der Waals surface area (Å²) in [5.74, 6) is -0.0357. The maximum atomic E-state index is 12.6. The molecule has 2 aromatic rings. The van der Waals surface area contributed by atoms with Crippen LogP contribution in [0.25, 0.3) is 10.9 Å². The van der Waals surface area contributed by atoms with Crippen molar-refractivity contribution < 1.29 is 14.3 Å². The zero-order valence-electron chi connectivity index (χ0n) is 12.5. The number of aromatic amines is 1. The molecule has 4 heteroatoms. The van der Waals surface area contributed by atoms with E-state index in [4.69, 9.17) is 4.74 Å². The van der Waals surface area contributed by atoms with E-state index in [0.717, 1.165) is 23.0 Å². The molecule has 0 bridgehead atoms. The molecule has 1 heterocycles. The Labute approximate surface area is 123 Å². The van der Waals surface area contributed by atoms with Crippen LogP contribution in [-0.4, -0.2) is 22.8 Å². The van der Waals surface area contributed by atoms with Crippen molar-refractivity contribution in [2.24, 2.45) is 11.8 Å². The molecule has 0 aliphatic heterocycles. The number of Topliss-reactive ketones (excluding diaryl/α,β-unsaturated/α-hetero) is 1. The number of carbonyl (C=O) groups excluding carboxylic acids is 2. The summed E-state index contributed by atoms with van der Waals surface area (Å²) in [6.07, 6.45) is 0.120. The summed E-state index contributed by atoms with van der Waals surface area (Å²) < 4.78 is 5.33. The topological polar surface area (TPSA) is 59.2 Å². The van der Waals surface area contributed by atoms with Gasteiger partial charge >= 0.3 is 5.97 Å². The monoisotopic (exact) mass is 285 g/mol. The molecule has 1 aliphatic rings. The molecule has 1 aromatic heterocycles. The molecule has 1 fully saturated rings. The van der Waals surface area contributed by atoms with Gasteiger partial charge in [0.15, 0.2) is 6.10 Å². The number of carbonyl (C=O) groups is 2. The predicted molar refractivity (Wildman–Crippen MR) is 80.2 cm³/mol. The first kappa shape index (κ1) is 13.9. The minimum Gasteiger partial charge on any atom is -0.454 e. The van der Waals surface area contributed by atoms with E-state index in [1.54, 1.807) is 6.92 Å². The third kappa shape index (κ3) is 2.46. The lowest BCUT2D eigenvalue weighted by atomic mass is 10.0. The van der Waals surface area contributed by atoms with Gasteiger partial charge in [-0.3, -0.25) is 9.59 Å². The average molecular weight is 285 g/mol. The number of H-pyrrole nitrogens is 1. The van der Waals surface area contributed by atoms with E-state index >= 15 is 0 Å². The molecular formula is C17H19NO3. The first-order chi connectivity index (χ1) is 9.99. The van der Waals surface area contributed by atoms with Crippen LogP contribution in [0.4, 0.5) is 0 Å². The van der Waals surface area contributed by atoms with Gasteiger partial charge in [-0.15, -0.1) is 0 Å². The van der Waals surface area contributed by atoms with E-state index in [0.29, 0.717) is 11.5 Å². The van der Waals surface area contributed by atoms with Crippen LogP contribution in [0.3, 0.4) is 0 Å². The largest absolute Gasteiger partial charge is 0.454 e. The van der Waals surface area contributed by atoms with Crippen molar-refractivity contribution in [2.75, 3.05) is 0 Å². The van der Waals surface area contributed by atoms with Crippen molar-refractivity contribution in [1.82, 2.24) is 4.98 Å². The highest BCUT2D eigenvalue weighted by atomic mass is 16.5. The van der Waals surface area contributed by atoms with Crippen molar-refractivity contribution in [3.8, 4) is 0 Å². The number of nitrogens with one attached hydrogen (secondary N) is 1. The van der Waals surface area contributed by atoms with E-state index in [9.17, 15) is 9.59 Å². The third-order valence-electron chi connectivity index (χ3n) is 4.21. The van der Waals surface area contributed by atoms with Crippen molar-refractivity contribution in [3.63, 3.8) is 0 Å². The van der Waals surface area contributed by atoms with Gasteiger partial charge in [-0.1, -0.05) is 25.1 Å². The van der Waals surface area contributed by atoms with Crippen LogP contribution in [0, 0.1) is 18.8 Å². The fraction of sp³-hybridized carbons (Fsp3) is 0.412. The second-order valence-corrected chi connectivity index (χ2v) is 5.93. The number of fused-ring (bicyclic) bond motifs is 1. The Balaban J connectivity index is 1.83. The number of hydrogen-bond acceptors (Lipinski definition) is 3. The Morgan fingerprint density at radius 1 is 1.33 bits per heavy atom. The Kier molecular flexibility index (Phi) is 3.32. The van der Waals surface area contributed by atoms with E-state index in [1.165, 1.54) is 0 Å². The summed E-state index contributed by atoms with van der Waals surface area (Å²) in [4.78, 5) is 27.7. The Hall–Kier alpha value is -2.10. The maximum Gasteiger partial charge on any atom is 0.309 e. The number of benzene rings is 1. The molecule has 1 aliphatic carbocycles. The van der Waals surface area contributed by atoms with Crippen LogP contribution in [0.2, 0.25) is 0 Å². The lowest BCUT2D eigenvalue weighted by Gasteiger charge is -2.12. The lowest BCUT2D eigenvalue weighted by Crippen LogP contribution is -2.25. The minimum absolute atomic E-state index is 0.0238. The number of ketones is 1. The van der Waals surface area contributed by atoms with Crippen molar-refractivity contribution in [1.29, 1.82) is 0 Å². The summed E-state index contributed by atoms with van der Waals surface area (Å²) in [6, 6.07) is 7.66. The smallest absolute Gasteiger partial charge is 0.309 e. The van der Waals surface area contributed by atoms with Crippen LogP contribution >= 0.6 is 0 Å². The molecule has 3 rings (SSSR count). The van der Waals surface area contributed by atoms with E-state index < -0.39 is 6.10 Å². The van der Waals surface area contributed by atoms with Gasteiger partial charge in [0.1, 0.15) is 0 Å². The average Bonchev–Trinajstić information content (AvgIpc) is 3.08. The van der Waals surface area contributed by atoms with Crippen LogP contribution in [-0.2, 0) is 9.53 Å². The summed E-state index contributed by atoms with van der Waals surface area (Å²) in [5, 5.41) is 0.877. The summed E-state index contributed by atoms with van der Waals surface area (Å²) in [5.41, 5.74) is 2.35. The molecule has 3 atom stereocenters. The van der Waals surface area contributed by atoms with Gasteiger partial charge in [0.2, 0.25) is 5.78 Å². The van der Waals surface area contributed by atoms with Crippen molar-refractivity contribution in [2.45, 2.75) is 33.3 Å². The number of aromatic nitrogens is 1. The predicted octanol–water partition coefficient (Wildman–Crippen LogP) is 3.25. The highest BCUT2D eigenvalue weighted by Gasteiger charge is 2.41. The van der Waals surface area contributed by atoms with Crippen molar-refractivity contribution in [3.05, 3.63) is 35.5 Å². The number of rotatable bonds is 4. The molecule has 21 heavy (non-hydrogen) atoms. The molecule has 4 nitrogen and oxygen atoms in total. The number of para-hydroxylation sites is 1. The fourth-order valence-electron chi connectivity index (χ4n) is 2.76. The summed E-state index contributed by atoms with van der Waals surface area (Å²) in [6.45, 7) is 5.53. The normalized spacial score (nSPS) is 22.0. The van der Waals surface area contributed by atoms with Gasteiger partial charge in [-0.05, 0) is 32.3 Å². The number of ether oxygens (including phenoxy) is 1. The Morgan fingerprint density at radius 3 is 2.67 bits per heavy atom. The van der Waals surface area contributed by atoms with Gasteiger partial charge in [0.05, 0.1) is 5.92 Å². The van der Waals surface area contributed by atoms with Crippen molar-refractivity contribution >= 4 is 22.7 Å². The molecule has 0 radical (unpaired) electrons. The third-order valence-corrected chi connectivity index (χ3v) is 4.21. The van der Waals surface area contributed by atoms with E-state index in [2.05, 4.69) is 4.98 Å². The summed E-state index contributed by atoms with van der Waals surface area (Å²) in [7, 11) is 0. The highest BCUT2D eigenvalue weighted by Crippen LogP contribution is 2.39. The maximum absolute atomic E-state index is 12.6. The highest BCUT2D eigenvalue weighted by molar-refractivity contribution is 6.11. The molecule has 1 N–H and O–H groups in total. The minimum atomic E-state index is -0.747. The molecule has 0 spiro atoms. The molecular weight excluding hydrogens is 266 g/mol. The second kappa shape index (κ2) is 5.02. The van der Waals surface area contributed by atoms with Crippen LogP contribution < -0.4 is 0 Å². The number of hydrogen-bond donors (Lipinski definition) is 1. The van der Waals surface area contributed by atoms with Crippen LogP contribution in [0.15, 0.2) is 24.3 Å². The van der Waals surface area contributed by atoms with Gasteiger partial charge < -0.3 is 9.72 Å². The Morgan fingerprint density at radius 2 is 2.00 bits per heavy atom. The first-order valence-corrected chi connectivity index (χ1v) is 7.31. The zero-order valence-corrected chi connectivity index (χ0v) is 12.5. The summed E-state index contributed by atoms with van der Waals surface area (Å²) >= 11 is 0. The fourth-order valence-corrected chi connectivity index (χ4v) is 2.76. The van der Waals surface area contributed by atoms with Crippen LogP contribution in [0.5, 0.6) is 0 Å². The Bertz CT molecular complexity index is 716. The quantitative estimate of drug-likeness (QED) is 0.693. The molecule has 1 saturated carbocycles. The molecule has 0 saturated heterocycles. The molecule has 0 amide bonds. The SMILES string of the molecule is Cc1[nH]c2ccccc2c1C(=O)[C@H](C)OC(=O)[C@H]1C[C@@H]1C. The number of aryl methyl sites for hydroxylation is 1. The van der Waals surface area contributed by atoms with E-state index in [-0.39, 0.29) is 17.7 Å². The van der Waals surface area contributed by atoms with Gasteiger partial charge in [-0.25, -0.2) is 0 Å².